The lowest BCUT2D eigenvalue weighted by atomic mass is 9.86. The molecule has 4 heterocycles. The number of nitrogens with one attached hydrogen (secondary N) is 1. The van der Waals surface area contributed by atoms with Crippen LogP contribution < -0.4 is 5.32 Å². The van der Waals surface area contributed by atoms with Crippen LogP contribution in [0.15, 0.2) is 30.9 Å². The van der Waals surface area contributed by atoms with Crippen LogP contribution in [0, 0.1) is 0 Å². The van der Waals surface area contributed by atoms with Gasteiger partial charge in [0.2, 0.25) is 0 Å². The molecule has 1 amide bonds. The summed E-state index contributed by atoms with van der Waals surface area (Å²) < 4.78 is 9.50. The Morgan fingerprint density at radius 1 is 1.30 bits per heavy atom. The van der Waals surface area contributed by atoms with E-state index in [1.807, 2.05) is 41.3 Å². The normalized spacial score (nSPS) is 21.8. The van der Waals surface area contributed by atoms with Gasteiger partial charge in [0.25, 0.3) is 5.91 Å². The lowest BCUT2D eigenvalue weighted by Crippen LogP contribution is -2.57. The molecule has 27 heavy (non-hydrogen) atoms. The molecule has 2 aliphatic rings. The Labute approximate surface area is 171 Å². The van der Waals surface area contributed by atoms with Crippen molar-refractivity contribution >= 4 is 30.7 Å². The molecule has 0 spiro atoms. The van der Waals surface area contributed by atoms with Gasteiger partial charge in [0.05, 0.1) is 19.3 Å². The molecule has 0 aromatic carbocycles. The molecule has 0 bridgehead atoms. The van der Waals surface area contributed by atoms with E-state index in [2.05, 4.69) is 15.5 Å². The summed E-state index contributed by atoms with van der Waals surface area (Å²) in [5, 5.41) is 12.0. The summed E-state index contributed by atoms with van der Waals surface area (Å²) in [7, 11) is 1.89. The van der Waals surface area contributed by atoms with E-state index in [0.717, 1.165) is 31.5 Å². The molecule has 8 nitrogen and oxygen atoms in total. The van der Waals surface area contributed by atoms with Gasteiger partial charge in [-0.1, -0.05) is 0 Å². The fourth-order valence-electron chi connectivity index (χ4n) is 3.84. The van der Waals surface area contributed by atoms with Crippen molar-refractivity contribution in [3.05, 3.63) is 36.4 Å². The molecule has 1 atom stereocenters. The Morgan fingerprint density at radius 3 is 2.70 bits per heavy atom. The van der Waals surface area contributed by atoms with E-state index in [0.29, 0.717) is 19.7 Å². The third-order valence-corrected chi connectivity index (χ3v) is 5.22. The summed E-state index contributed by atoms with van der Waals surface area (Å²) in [6.07, 6.45) is 8.80. The van der Waals surface area contributed by atoms with Crippen LogP contribution >= 0.6 is 24.8 Å². The molecular weight excluding hydrogens is 391 g/mol. The van der Waals surface area contributed by atoms with E-state index in [4.69, 9.17) is 4.74 Å². The Morgan fingerprint density at radius 2 is 2.07 bits per heavy atom. The van der Waals surface area contributed by atoms with Crippen molar-refractivity contribution in [3.8, 4) is 0 Å². The van der Waals surface area contributed by atoms with Gasteiger partial charge in [0.1, 0.15) is 11.6 Å². The van der Waals surface area contributed by atoms with Crippen LogP contribution in [0.2, 0.25) is 0 Å². The van der Waals surface area contributed by atoms with Crippen molar-refractivity contribution in [1.82, 2.24) is 29.8 Å². The lowest BCUT2D eigenvalue weighted by molar-refractivity contribution is -0.151. The zero-order chi connectivity index (χ0) is 17.3. The maximum absolute atomic E-state index is 13.5. The smallest absolute Gasteiger partial charge is 0.250 e. The predicted molar refractivity (Wildman–Crippen MR) is 105 cm³/mol. The number of amides is 1. The number of carbonyl (C=O) groups excluding carboxylic acids is 1. The molecule has 2 saturated heterocycles. The SMILES string of the molecule is Cl.Cl.Cn1cc(C2CN(C(=O)C3(n4cccn4)CCNCC3)CCO2)cn1. The molecule has 0 aliphatic carbocycles. The Kier molecular flexibility index (Phi) is 7.27. The van der Waals surface area contributed by atoms with E-state index in [9.17, 15) is 4.79 Å². The van der Waals surface area contributed by atoms with Crippen molar-refractivity contribution in [2.45, 2.75) is 24.5 Å². The van der Waals surface area contributed by atoms with E-state index in [1.54, 1.807) is 10.9 Å². The highest BCUT2D eigenvalue weighted by molar-refractivity contribution is 5.86. The Balaban J connectivity index is 0.00000131. The zero-order valence-electron chi connectivity index (χ0n) is 15.3. The van der Waals surface area contributed by atoms with Crippen LogP contribution in [0.3, 0.4) is 0 Å². The summed E-state index contributed by atoms with van der Waals surface area (Å²) in [5.74, 6) is 0.148. The first-order valence-corrected chi connectivity index (χ1v) is 8.79. The molecular formula is C17H26Cl2N6O2. The van der Waals surface area contributed by atoms with Crippen LogP contribution in [0.5, 0.6) is 0 Å². The van der Waals surface area contributed by atoms with Gasteiger partial charge in [0, 0.05) is 37.7 Å². The average Bonchev–Trinajstić information content (AvgIpc) is 3.34. The van der Waals surface area contributed by atoms with Gasteiger partial charge in [-0.25, -0.2) is 0 Å². The molecule has 4 rings (SSSR count). The first kappa shape index (κ1) is 21.7. The van der Waals surface area contributed by atoms with E-state index >= 15 is 0 Å². The summed E-state index contributed by atoms with van der Waals surface area (Å²) in [6, 6.07) is 1.88. The minimum Gasteiger partial charge on any atom is -0.370 e. The van der Waals surface area contributed by atoms with Crippen molar-refractivity contribution in [2.24, 2.45) is 7.05 Å². The number of halogens is 2. The minimum atomic E-state index is -0.592. The van der Waals surface area contributed by atoms with E-state index in [1.165, 1.54) is 0 Å². The van der Waals surface area contributed by atoms with Gasteiger partial charge >= 0.3 is 0 Å². The number of hydrogen-bond donors (Lipinski definition) is 1. The maximum atomic E-state index is 13.5. The third-order valence-electron chi connectivity index (χ3n) is 5.22. The van der Waals surface area contributed by atoms with Gasteiger partial charge in [-0.3, -0.25) is 14.2 Å². The second kappa shape index (κ2) is 9.05. The monoisotopic (exact) mass is 416 g/mol. The summed E-state index contributed by atoms with van der Waals surface area (Å²) >= 11 is 0. The maximum Gasteiger partial charge on any atom is 0.250 e. The fraction of sp³-hybridized carbons (Fsp3) is 0.588. The highest BCUT2D eigenvalue weighted by atomic mass is 35.5. The quantitative estimate of drug-likeness (QED) is 0.811. The molecule has 2 fully saturated rings. The van der Waals surface area contributed by atoms with Crippen LogP contribution in [0.25, 0.3) is 0 Å². The summed E-state index contributed by atoms with van der Waals surface area (Å²) in [5.41, 5.74) is 0.421. The molecule has 0 saturated carbocycles. The van der Waals surface area contributed by atoms with Crippen LogP contribution in [0.4, 0.5) is 0 Å². The van der Waals surface area contributed by atoms with Crippen LogP contribution in [0.1, 0.15) is 24.5 Å². The lowest BCUT2D eigenvalue weighted by Gasteiger charge is -2.42. The fourth-order valence-corrected chi connectivity index (χ4v) is 3.84. The van der Waals surface area contributed by atoms with Gasteiger partial charge in [0.15, 0.2) is 0 Å². The highest BCUT2D eigenvalue weighted by Gasteiger charge is 2.45. The van der Waals surface area contributed by atoms with Gasteiger partial charge < -0.3 is 15.0 Å². The molecule has 1 unspecified atom stereocenters. The second-order valence-electron chi connectivity index (χ2n) is 6.79. The standard InChI is InChI=1S/C17H24N6O2.2ClH/c1-21-12-14(11-20-21)15-13-22(9-10-25-15)16(24)17(3-6-18-7-4-17)23-8-2-5-19-23;;/h2,5,8,11-12,15,18H,3-4,6-7,9-10,13H2,1H3;2*1H. The van der Waals surface area contributed by atoms with Crippen molar-refractivity contribution in [3.63, 3.8) is 0 Å². The number of morpholine rings is 1. The van der Waals surface area contributed by atoms with Crippen LogP contribution in [-0.4, -0.2) is 63.2 Å². The molecule has 10 heteroatoms. The topological polar surface area (TPSA) is 77.2 Å². The van der Waals surface area contributed by atoms with Gasteiger partial charge in [-0.05, 0) is 32.0 Å². The van der Waals surface area contributed by atoms with Crippen molar-refractivity contribution < 1.29 is 9.53 Å². The summed E-state index contributed by atoms with van der Waals surface area (Å²) in [4.78, 5) is 15.5. The number of ether oxygens (including phenoxy) is 1. The number of aryl methyl sites for hydroxylation is 1. The first-order chi connectivity index (χ1) is 12.2. The Bertz CT molecular complexity index is 730. The number of hydrogen-bond acceptors (Lipinski definition) is 5. The highest BCUT2D eigenvalue weighted by Crippen LogP contribution is 2.31. The molecule has 0 radical (unpaired) electrons. The molecule has 2 aromatic heterocycles. The predicted octanol–water partition coefficient (Wildman–Crippen LogP) is 1.14. The van der Waals surface area contributed by atoms with Crippen LogP contribution in [-0.2, 0) is 22.1 Å². The number of carbonyl (C=O) groups is 1. The minimum absolute atomic E-state index is 0. The van der Waals surface area contributed by atoms with Crippen molar-refractivity contribution in [2.75, 3.05) is 32.8 Å². The molecule has 1 N–H and O–H groups in total. The summed E-state index contributed by atoms with van der Waals surface area (Å²) in [6.45, 7) is 3.36. The second-order valence-corrected chi connectivity index (χ2v) is 6.79. The van der Waals surface area contributed by atoms with E-state index < -0.39 is 5.54 Å². The van der Waals surface area contributed by atoms with Gasteiger partial charge in [-0.15, -0.1) is 24.8 Å². The molecule has 2 aromatic rings. The van der Waals surface area contributed by atoms with Gasteiger partial charge in [-0.2, -0.15) is 10.2 Å². The first-order valence-electron chi connectivity index (χ1n) is 8.79. The third kappa shape index (κ3) is 4.13. The number of aromatic nitrogens is 4. The number of piperidine rings is 1. The molecule has 150 valence electrons. The number of nitrogens with zero attached hydrogens (tertiary/aromatic N) is 5. The molecule has 2 aliphatic heterocycles. The van der Waals surface area contributed by atoms with Crippen molar-refractivity contribution in [1.29, 1.82) is 0 Å². The number of rotatable bonds is 3. The average molecular weight is 417 g/mol. The Hall–Kier alpha value is -1.61. The largest absolute Gasteiger partial charge is 0.370 e. The van der Waals surface area contributed by atoms with E-state index in [-0.39, 0.29) is 36.8 Å². The zero-order valence-corrected chi connectivity index (χ0v) is 16.9.